The van der Waals surface area contributed by atoms with Gasteiger partial charge in [0.1, 0.15) is 0 Å². The van der Waals surface area contributed by atoms with E-state index in [0.29, 0.717) is 0 Å². The van der Waals surface area contributed by atoms with Gasteiger partial charge >= 0.3 is 0 Å². The van der Waals surface area contributed by atoms with Gasteiger partial charge in [-0.15, -0.1) is 0 Å². The van der Waals surface area contributed by atoms with Gasteiger partial charge in [0.2, 0.25) is 5.91 Å². The van der Waals surface area contributed by atoms with Crippen LogP contribution in [0.1, 0.15) is 32.6 Å². The number of carbonyl (C=O) groups excluding carboxylic acids is 1. The number of rotatable bonds is 3. The van der Waals surface area contributed by atoms with Crippen molar-refractivity contribution in [2.45, 2.75) is 32.6 Å². The van der Waals surface area contributed by atoms with E-state index in [2.05, 4.69) is 11.8 Å². The number of hydrogen-bond donors (Lipinski definition) is 1. The van der Waals surface area contributed by atoms with Crippen molar-refractivity contribution >= 4 is 23.1 Å². The number of nitrogens with two attached hydrogens (primary N) is 1. The van der Waals surface area contributed by atoms with E-state index in [-0.39, 0.29) is 11.8 Å². The van der Waals surface area contributed by atoms with Crippen LogP contribution in [0.2, 0.25) is 0 Å². The summed E-state index contributed by atoms with van der Waals surface area (Å²) >= 11 is 5.29. The second-order valence-corrected chi connectivity index (χ2v) is 4.28. The molecule has 1 amide bonds. The van der Waals surface area contributed by atoms with E-state index in [4.69, 9.17) is 18.0 Å². The van der Waals surface area contributed by atoms with Gasteiger partial charge < -0.3 is 10.6 Å². The van der Waals surface area contributed by atoms with E-state index in [9.17, 15) is 4.79 Å². The highest BCUT2D eigenvalue weighted by atomic mass is 32.1. The molecule has 0 aromatic heterocycles. The molecule has 0 bridgehead atoms. The Morgan fingerprint density at radius 2 is 2.07 bits per heavy atom. The van der Waals surface area contributed by atoms with Gasteiger partial charge in [0.05, 0.1) is 4.99 Å². The van der Waals surface area contributed by atoms with Crippen molar-refractivity contribution in [1.29, 1.82) is 0 Å². The topological polar surface area (TPSA) is 46.3 Å². The number of amides is 1. The van der Waals surface area contributed by atoms with Crippen LogP contribution in [0.5, 0.6) is 0 Å². The van der Waals surface area contributed by atoms with E-state index in [0.717, 1.165) is 43.8 Å². The minimum atomic E-state index is -0.161. The Bertz CT molecular complexity index is 222. The molecule has 0 aliphatic carbocycles. The summed E-state index contributed by atoms with van der Waals surface area (Å²) in [4.78, 5) is 14.2. The Balaban J connectivity index is 2.35. The second kappa shape index (κ2) is 5.29. The molecule has 0 radical (unpaired) electrons. The van der Waals surface area contributed by atoms with Gasteiger partial charge in [-0.05, 0) is 25.7 Å². The molecule has 1 saturated heterocycles. The Kier molecular flexibility index (Phi) is 4.32. The first-order chi connectivity index (χ1) is 6.65. The Labute approximate surface area is 90.6 Å². The first-order valence-electron chi connectivity index (χ1n) is 5.22. The van der Waals surface area contributed by atoms with Gasteiger partial charge in [-0.3, -0.25) is 4.79 Å². The molecule has 0 aromatic carbocycles. The fourth-order valence-electron chi connectivity index (χ4n) is 1.79. The average Bonchev–Trinajstić information content (AvgIpc) is 2.18. The summed E-state index contributed by atoms with van der Waals surface area (Å²) in [6.45, 7) is 3.92. The lowest BCUT2D eigenvalue weighted by Crippen LogP contribution is -2.40. The lowest BCUT2D eigenvalue weighted by atomic mass is 9.96. The summed E-state index contributed by atoms with van der Waals surface area (Å²) in [5.74, 6) is -0.0956. The molecule has 0 aromatic rings. The largest absolute Gasteiger partial charge is 0.369 e. The summed E-state index contributed by atoms with van der Waals surface area (Å²) < 4.78 is 0. The average molecular weight is 214 g/mol. The maximum Gasteiger partial charge on any atom is 0.220 e. The number of carbonyl (C=O) groups is 1. The number of nitrogens with zero attached hydrogens (tertiary/aromatic N) is 1. The van der Waals surface area contributed by atoms with Gasteiger partial charge in [0.15, 0.2) is 0 Å². The highest BCUT2D eigenvalue weighted by molar-refractivity contribution is 7.80. The predicted octanol–water partition coefficient (Wildman–Crippen LogP) is 1.31. The number of hydrogen-bond acceptors (Lipinski definition) is 2. The second-order valence-electron chi connectivity index (χ2n) is 3.81. The number of thiocarbonyl (C=S) groups is 1. The molecule has 14 heavy (non-hydrogen) atoms. The molecule has 0 atom stereocenters. The zero-order chi connectivity index (χ0) is 10.6. The maximum atomic E-state index is 10.9. The van der Waals surface area contributed by atoms with Gasteiger partial charge in [-0.1, -0.05) is 19.1 Å². The summed E-state index contributed by atoms with van der Waals surface area (Å²) in [7, 11) is 0. The minimum Gasteiger partial charge on any atom is -0.369 e. The first kappa shape index (κ1) is 11.4. The summed E-state index contributed by atoms with van der Waals surface area (Å²) in [6, 6.07) is 0. The van der Waals surface area contributed by atoms with Crippen LogP contribution < -0.4 is 5.73 Å². The van der Waals surface area contributed by atoms with E-state index < -0.39 is 0 Å². The summed E-state index contributed by atoms with van der Waals surface area (Å²) in [5, 5.41) is 0. The molecular formula is C10H18N2OS. The minimum absolute atomic E-state index is 0.0654. The number of primary amides is 1. The zero-order valence-corrected chi connectivity index (χ0v) is 9.48. The maximum absolute atomic E-state index is 10.9. The molecule has 1 aliphatic heterocycles. The summed E-state index contributed by atoms with van der Waals surface area (Å²) in [5.41, 5.74) is 5.26. The number of piperidine rings is 1. The van der Waals surface area contributed by atoms with Crippen LogP contribution in [0.4, 0.5) is 0 Å². The highest BCUT2D eigenvalue weighted by Crippen LogP contribution is 2.18. The number of likely N-dealkylation sites (tertiary alicyclic amines) is 1. The first-order valence-corrected chi connectivity index (χ1v) is 5.63. The van der Waals surface area contributed by atoms with Gasteiger partial charge in [-0.25, -0.2) is 0 Å². The quantitative estimate of drug-likeness (QED) is 0.721. The molecule has 0 spiro atoms. The SMILES string of the molecule is CCCC(=S)N1CCC(C(N)=O)CC1. The van der Waals surface area contributed by atoms with E-state index in [1.807, 2.05) is 0 Å². The smallest absolute Gasteiger partial charge is 0.220 e. The normalized spacial score (nSPS) is 18.2. The molecule has 1 aliphatic rings. The van der Waals surface area contributed by atoms with Crippen LogP contribution in [-0.4, -0.2) is 28.9 Å². The van der Waals surface area contributed by atoms with Crippen molar-refractivity contribution in [2.75, 3.05) is 13.1 Å². The van der Waals surface area contributed by atoms with Gasteiger partial charge in [-0.2, -0.15) is 0 Å². The summed E-state index contributed by atoms with van der Waals surface area (Å²) in [6.07, 6.45) is 3.80. The lowest BCUT2D eigenvalue weighted by Gasteiger charge is -2.32. The monoisotopic (exact) mass is 214 g/mol. The third-order valence-corrected chi connectivity index (χ3v) is 3.18. The van der Waals surface area contributed by atoms with Crippen molar-refractivity contribution in [3.63, 3.8) is 0 Å². The Morgan fingerprint density at radius 1 is 1.50 bits per heavy atom. The zero-order valence-electron chi connectivity index (χ0n) is 8.66. The van der Waals surface area contributed by atoms with Crippen LogP contribution in [-0.2, 0) is 4.79 Å². The molecule has 0 saturated carbocycles. The van der Waals surface area contributed by atoms with Crippen LogP contribution >= 0.6 is 12.2 Å². The fraction of sp³-hybridized carbons (Fsp3) is 0.800. The van der Waals surface area contributed by atoms with E-state index >= 15 is 0 Å². The van der Waals surface area contributed by atoms with Crippen molar-refractivity contribution < 1.29 is 4.79 Å². The van der Waals surface area contributed by atoms with Gasteiger partial charge in [0, 0.05) is 19.0 Å². The third kappa shape index (κ3) is 2.94. The Hall–Kier alpha value is -0.640. The van der Waals surface area contributed by atoms with E-state index in [1.54, 1.807) is 0 Å². The van der Waals surface area contributed by atoms with Crippen LogP contribution in [0, 0.1) is 5.92 Å². The highest BCUT2D eigenvalue weighted by Gasteiger charge is 2.23. The molecule has 0 unspecified atom stereocenters. The molecule has 1 heterocycles. The molecule has 80 valence electrons. The third-order valence-electron chi connectivity index (χ3n) is 2.71. The standard InChI is InChI=1S/C10H18N2OS/c1-2-3-9(14)12-6-4-8(5-7-12)10(11)13/h8H,2-7H2,1H3,(H2,11,13). The fourth-order valence-corrected chi connectivity index (χ4v) is 2.17. The molecule has 3 nitrogen and oxygen atoms in total. The van der Waals surface area contributed by atoms with Crippen molar-refractivity contribution in [3.8, 4) is 0 Å². The molecule has 4 heteroatoms. The molecule has 1 rings (SSSR count). The molecule has 1 fully saturated rings. The van der Waals surface area contributed by atoms with Crippen molar-refractivity contribution in [1.82, 2.24) is 4.90 Å². The van der Waals surface area contributed by atoms with Crippen LogP contribution in [0.3, 0.4) is 0 Å². The predicted molar refractivity (Wildman–Crippen MR) is 61.0 cm³/mol. The molecule has 2 N–H and O–H groups in total. The van der Waals surface area contributed by atoms with Crippen LogP contribution in [0.15, 0.2) is 0 Å². The van der Waals surface area contributed by atoms with Gasteiger partial charge in [0.25, 0.3) is 0 Å². The Morgan fingerprint density at radius 3 is 2.50 bits per heavy atom. The van der Waals surface area contributed by atoms with Crippen LogP contribution in [0.25, 0.3) is 0 Å². The molecular weight excluding hydrogens is 196 g/mol. The van der Waals surface area contributed by atoms with Crippen molar-refractivity contribution in [2.24, 2.45) is 11.7 Å². The van der Waals surface area contributed by atoms with E-state index in [1.165, 1.54) is 0 Å². The van der Waals surface area contributed by atoms with Crippen molar-refractivity contribution in [3.05, 3.63) is 0 Å². The lowest BCUT2D eigenvalue weighted by molar-refractivity contribution is -0.122.